The van der Waals surface area contributed by atoms with Crippen molar-refractivity contribution in [2.75, 3.05) is 18.4 Å². The van der Waals surface area contributed by atoms with Crippen LogP contribution in [0.25, 0.3) is 0 Å². The van der Waals surface area contributed by atoms with Crippen molar-refractivity contribution in [1.82, 2.24) is 4.90 Å². The summed E-state index contributed by atoms with van der Waals surface area (Å²) in [7, 11) is -3.70. The number of likely N-dealkylation sites (tertiary alicyclic amines) is 1. The average molecular weight is 325 g/mol. The van der Waals surface area contributed by atoms with Gasteiger partial charge in [0, 0.05) is 11.7 Å². The molecule has 0 spiro atoms. The van der Waals surface area contributed by atoms with Gasteiger partial charge in [0.25, 0.3) is 0 Å². The number of rotatable bonds is 5. The number of carbonyl (C=O) groups excluding carboxylic acids is 1. The Morgan fingerprint density at radius 1 is 1.32 bits per heavy atom. The van der Waals surface area contributed by atoms with Crippen molar-refractivity contribution in [1.29, 1.82) is 0 Å². The van der Waals surface area contributed by atoms with Gasteiger partial charge < -0.3 is 5.32 Å². The molecule has 0 aliphatic carbocycles. The molecule has 122 valence electrons. The molecule has 1 saturated heterocycles. The van der Waals surface area contributed by atoms with Crippen LogP contribution in [0.15, 0.2) is 29.2 Å². The number of anilines is 1. The maximum absolute atomic E-state index is 12.1. The second-order valence-electron chi connectivity index (χ2n) is 5.65. The number of hydrogen-bond acceptors (Lipinski definition) is 4. The highest BCUT2D eigenvalue weighted by molar-refractivity contribution is 7.89. The van der Waals surface area contributed by atoms with E-state index in [4.69, 9.17) is 5.14 Å². The summed E-state index contributed by atoms with van der Waals surface area (Å²) in [5, 5.41) is 7.84. The van der Waals surface area contributed by atoms with Gasteiger partial charge in [0.1, 0.15) is 0 Å². The number of nitrogens with zero attached hydrogens (tertiary/aromatic N) is 1. The second kappa shape index (κ2) is 7.21. The Morgan fingerprint density at radius 2 is 2.00 bits per heavy atom. The third-order valence-electron chi connectivity index (χ3n) is 4.03. The number of benzene rings is 1. The Labute approximate surface area is 131 Å². The Kier molecular flexibility index (Phi) is 5.55. The molecular weight excluding hydrogens is 302 g/mol. The molecule has 1 unspecified atom stereocenters. The van der Waals surface area contributed by atoms with Crippen LogP contribution in [0.2, 0.25) is 0 Å². The summed E-state index contributed by atoms with van der Waals surface area (Å²) in [4.78, 5) is 14.4. The number of carbonyl (C=O) groups is 1. The second-order valence-corrected chi connectivity index (χ2v) is 7.21. The van der Waals surface area contributed by atoms with Gasteiger partial charge in [-0.1, -0.05) is 13.3 Å². The van der Waals surface area contributed by atoms with Crippen LogP contribution in [-0.2, 0) is 14.8 Å². The first-order valence-corrected chi connectivity index (χ1v) is 9.11. The fraction of sp³-hybridized carbons (Fsp3) is 0.533. The van der Waals surface area contributed by atoms with Crippen molar-refractivity contribution < 1.29 is 13.2 Å². The first-order valence-electron chi connectivity index (χ1n) is 7.57. The van der Waals surface area contributed by atoms with Crippen LogP contribution in [-0.4, -0.2) is 38.4 Å². The van der Waals surface area contributed by atoms with Crippen LogP contribution in [0.1, 0.15) is 32.6 Å². The smallest absolute Gasteiger partial charge is 0.238 e. The molecule has 2 rings (SSSR count). The molecule has 1 amide bonds. The molecule has 0 radical (unpaired) electrons. The maximum atomic E-state index is 12.1. The lowest BCUT2D eigenvalue weighted by Crippen LogP contribution is -2.43. The normalized spacial score (nSPS) is 19.8. The fourth-order valence-corrected chi connectivity index (χ4v) is 3.36. The SMILES string of the molecule is CCC1CCCCN1CC(=O)Nc1ccc(S(N)(=O)=O)cc1. The lowest BCUT2D eigenvalue weighted by molar-refractivity contribution is -0.118. The van der Waals surface area contributed by atoms with E-state index in [2.05, 4.69) is 17.1 Å². The number of amides is 1. The molecular formula is C15H23N3O3S. The number of hydrogen-bond donors (Lipinski definition) is 2. The van der Waals surface area contributed by atoms with E-state index < -0.39 is 10.0 Å². The van der Waals surface area contributed by atoms with Gasteiger partial charge in [0.05, 0.1) is 11.4 Å². The van der Waals surface area contributed by atoms with Crippen LogP contribution in [0.5, 0.6) is 0 Å². The van der Waals surface area contributed by atoms with Crippen LogP contribution >= 0.6 is 0 Å². The fourth-order valence-electron chi connectivity index (χ4n) is 2.84. The Balaban J connectivity index is 1.94. The van der Waals surface area contributed by atoms with Gasteiger partial charge in [-0.2, -0.15) is 0 Å². The van der Waals surface area contributed by atoms with E-state index in [0.717, 1.165) is 25.8 Å². The molecule has 1 fully saturated rings. The number of nitrogens with one attached hydrogen (secondary N) is 1. The van der Waals surface area contributed by atoms with E-state index in [9.17, 15) is 13.2 Å². The third-order valence-corrected chi connectivity index (χ3v) is 4.96. The number of piperidine rings is 1. The van der Waals surface area contributed by atoms with Crippen molar-refractivity contribution in [3.63, 3.8) is 0 Å². The van der Waals surface area contributed by atoms with Crippen LogP contribution < -0.4 is 10.5 Å². The Bertz CT molecular complexity index is 613. The molecule has 0 bridgehead atoms. The number of primary sulfonamides is 1. The standard InChI is InChI=1S/C15H23N3O3S/c1-2-13-5-3-4-10-18(13)11-15(19)17-12-6-8-14(9-7-12)22(16,20)21/h6-9,13H,2-5,10-11H2,1H3,(H,17,19)(H2,16,20,21). The summed E-state index contributed by atoms with van der Waals surface area (Å²) in [6, 6.07) is 6.35. The molecule has 0 aromatic heterocycles. The Morgan fingerprint density at radius 3 is 2.59 bits per heavy atom. The molecule has 7 heteroatoms. The first kappa shape index (κ1) is 16.9. The van der Waals surface area contributed by atoms with Gasteiger partial charge in [-0.25, -0.2) is 13.6 Å². The number of sulfonamides is 1. The molecule has 1 aliphatic heterocycles. The summed E-state index contributed by atoms with van der Waals surface area (Å²) >= 11 is 0. The van der Waals surface area contributed by atoms with Gasteiger partial charge >= 0.3 is 0 Å². The average Bonchev–Trinajstić information content (AvgIpc) is 2.47. The van der Waals surface area contributed by atoms with E-state index in [1.54, 1.807) is 12.1 Å². The van der Waals surface area contributed by atoms with Gasteiger partial charge in [-0.3, -0.25) is 9.69 Å². The zero-order valence-electron chi connectivity index (χ0n) is 12.8. The van der Waals surface area contributed by atoms with Gasteiger partial charge in [0.2, 0.25) is 15.9 Å². The minimum atomic E-state index is -3.70. The van der Waals surface area contributed by atoms with Crippen molar-refractivity contribution in [3.8, 4) is 0 Å². The predicted molar refractivity (Wildman–Crippen MR) is 85.9 cm³/mol. The van der Waals surface area contributed by atoms with Crippen LogP contribution in [0.3, 0.4) is 0 Å². The summed E-state index contributed by atoms with van der Waals surface area (Å²) in [5.41, 5.74) is 0.572. The molecule has 1 aromatic rings. The molecule has 22 heavy (non-hydrogen) atoms. The highest BCUT2D eigenvalue weighted by Crippen LogP contribution is 2.19. The van der Waals surface area contributed by atoms with Gasteiger partial charge in [-0.05, 0) is 50.1 Å². The van der Waals surface area contributed by atoms with Crippen molar-refractivity contribution >= 4 is 21.6 Å². The maximum Gasteiger partial charge on any atom is 0.238 e. The highest BCUT2D eigenvalue weighted by atomic mass is 32.2. The largest absolute Gasteiger partial charge is 0.325 e. The minimum absolute atomic E-state index is 0.0348. The van der Waals surface area contributed by atoms with Gasteiger partial charge in [-0.15, -0.1) is 0 Å². The first-order chi connectivity index (χ1) is 10.4. The summed E-state index contributed by atoms with van der Waals surface area (Å²) in [5.74, 6) is -0.0799. The summed E-state index contributed by atoms with van der Waals surface area (Å²) in [6.45, 7) is 3.47. The van der Waals surface area contributed by atoms with Gasteiger partial charge in [0.15, 0.2) is 0 Å². The molecule has 1 heterocycles. The zero-order chi connectivity index (χ0) is 16.2. The highest BCUT2D eigenvalue weighted by Gasteiger charge is 2.22. The lowest BCUT2D eigenvalue weighted by atomic mass is 10.0. The van der Waals surface area contributed by atoms with E-state index in [-0.39, 0.29) is 10.8 Å². The lowest BCUT2D eigenvalue weighted by Gasteiger charge is -2.34. The van der Waals surface area contributed by atoms with Crippen LogP contribution in [0.4, 0.5) is 5.69 Å². The molecule has 0 saturated carbocycles. The summed E-state index contributed by atoms with van der Waals surface area (Å²) in [6.07, 6.45) is 4.56. The van der Waals surface area contributed by atoms with Crippen LogP contribution in [0, 0.1) is 0 Å². The Hall–Kier alpha value is -1.44. The summed E-state index contributed by atoms with van der Waals surface area (Å²) < 4.78 is 22.4. The minimum Gasteiger partial charge on any atom is -0.325 e. The molecule has 1 aromatic carbocycles. The van der Waals surface area contributed by atoms with E-state index in [1.165, 1.54) is 18.6 Å². The predicted octanol–water partition coefficient (Wildman–Crippen LogP) is 1.54. The van der Waals surface area contributed by atoms with Crippen molar-refractivity contribution in [2.24, 2.45) is 5.14 Å². The van der Waals surface area contributed by atoms with E-state index in [0.29, 0.717) is 18.3 Å². The van der Waals surface area contributed by atoms with Crippen molar-refractivity contribution in [3.05, 3.63) is 24.3 Å². The molecule has 3 N–H and O–H groups in total. The topological polar surface area (TPSA) is 92.5 Å². The third kappa shape index (κ3) is 4.53. The quantitative estimate of drug-likeness (QED) is 0.859. The zero-order valence-corrected chi connectivity index (χ0v) is 13.6. The molecule has 1 aliphatic rings. The molecule has 1 atom stereocenters. The number of nitrogens with two attached hydrogens (primary N) is 1. The molecule has 6 nitrogen and oxygen atoms in total. The van der Waals surface area contributed by atoms with E-state index >= 15 is 0 Å². The monoisotopic (exact) mass is 325 g/mol. The van der Waals surface area contributed by atoms with Crippen molar-refractivity contribution in [2.45, 2.75) is 43.5 Å². The van der Waals surface area contributed by atoms with E-state index in [1.807, 2.05) is 0 Å².